The van der Waals surface area contributed by atoms with Crippen LogP contribution in [0.15, 0.2) is 11.8 Å². The van der Waals surface area contributed by atoms with Crippen molar-refractivity contribution < 1.29 is 22.9 Å². The molecule has 1 heterocycles. The summed E-state index contributed by atoms with van der Waals surface area (Å²) in [6, 6.07) is 0.257. The summed E-state index contributed by atoms with van der Waals surface area (Å²) >= 11 is 0. The molecule has 0 saturated heterocycles. The molecular formula is C15H30N4O5Si. The standard InChI is InChI=1S/C15H30N4O5Si/c1-5-22-25(23-6-2,24-7-3)10-8-9-16-15(21)19-14-17-12(4)11-13(20)18-14/h11,14,17H,5-10H2,1-4H3,(H,18,20)(H2,16,19,21). The molecule has 0 fully saturated rings. The molecule has 10 heteroatoms. The van der Waals surface area contributed by atoms with Gasteiger partial charge in [0, 0.05) is 44.2 Å². The van der Waals surface area contributed by atoms with Crippen LogP contribution in [-0.2, 0) is 18.1 Å². The average molecular weight is 375 g/mol. The van der Waals surface area contributed by atoms with Gasteiger partial charge in [-0.3, -0.25) is 4.79 Å². The Morgan fingerprint density at radius 3 is 2.28 bits per heavy atom. The molecule has 4 N–H and O–H groups in total. The molecular weight excluding hydrogens is 344 g/mol. The monoisotopic (exact) mass is 374 g/mol. The van der Waals surface area contributed by atoms with Crippen LogP contribution >= 0.6 is 0 Å². The van der Waals surface area contributed by atoms with Gasteiger partial charge in [-0.05, 0) is 34.1 Å². The Labute approximate surface area is 150 Å². The van der Waals surface area contributed by atoms with Gasteiger partial charge in [0.2, 0.25) is 5.91 Å². The molecule has 0 aromatic heterocycles. The number of hydrogen-bond acceptors (Lipinski definition) is 6. The Bertz CT molecular complexity index is 458. The van der Waals surface area contributed by atoms with E-state index < -0.39 is 15.1 Å². The second kappa shape index (κ2) is 11.1. The van der Waals surface area contributed by atoms with Gasteiger partial charge < -0.3 is 34.5 Å². The van der Waals surface area contributed by atoms with Crippen molar-refractivity contribution in [2.24, 2.45) is 0 Å². The predicted octanol–water partition coefficient (Wildman–Crippen LogP) is 0.631. The van der Waals surface area contributed by atoms with Crippen LogP contribution in [0.25, 0.3) is 0 Å². The third-order valence-corrected chi connectivity index (χ3v) is 6.47. The Balaban J connectivity index is 2.36. The third-order valence-electron chi connectivity index (χ3n) is 3.32. The highest BCUT2D eigenvalue weighted by atomic mass is 28.4. The van der Waals surface area contributed by atoms with Gasteiger partial charge in [0.05, 0.1) is 0 Å². The number of carbonyl (C=O) groups is 2. The molecule has 1 aliphatic rings. The number of hydrogen-bond donors (Lipinski definition) is 4. The number of rotatable bonds is 11. The summed E-state index contributed by atoms with van der Waals surface area (Å²) < 4.78 is 17.3. The molecule has 0 aromatic carbocycles. The summed E-state index contributed by atoms with van der Waals surface area (Å²) in [5.74, 6) is -0.248. The van der Waals surface area contributed by atoms with E-state index in [2.05, 4.69) is 21.3 Å². The lowest BCUT2D eigenvalue weighted by Crippen LogP contribution is -2.59. The van der Waals surface area contributed by atoms with Crippen LogP contribution in [0.2, 0.25) is 6.04 Å². The maximum absolute atomic E-state index is 11.9. The number of allylic oxidation sites excluding steroid dienone is 1. The Morgan fingerprint density at radius 1 is 1.16 bits per heavy atom. The number of amides is 3. The molecule has 9 nitrogen and oxygen atoms in total. The Kier molecular flexibility index (Phi) is 9.49. The van der Waals surface area contributed by atoms with Gasteiger partial charge in [-0.2, -0.15) is 0 Å². The van der Waals surface area contributed by atoms with E-state index in [4.69, 9.17) is 13.3 Å². The van der Waals surface area contributed by atoms with E-state index >= 15 is 0 Å². The maximum Gasteiger partial charge on any atom is 0.500 e. The van der Waals surface area contributed by atoms with Crippen LogP contribution in [0, 0.1) is 0 Å². The third kappa shape index (κ3) is 7.86. The van der Waals surface area contributed by atoms with Gasteiger partial charge >= 0.3 is 14.8 Å². The summed E-state index contributed by atoms with van der Waals surface area (Å²) in [6.45, 7) is 9.52. The smallest absolute Gasteiger partial charge is 0.374 e. The van der Waals surface area contributed by atoms with E-state index in [1.807, 2.05) is 20.8 Å². The lowest BCUT2D eigenvalue weighted by atomic mass is 10.3. The molecule has 1 aliphatic heterocycles. The zero-order valence-corrected chi connectivity index (χ0v) is 16.4. The van der Waals surface area contributed by atoms with Crippen molar-refractivity contribution in [3.63, 3.8) is 0 Å². The maximum atomic E-state index is 11.9. The first-order valence-electron chi connectivity index (χ1n) is 8.66. The fourth-order valence-electron chi connectivity index (χ4n) is 2.45. The van der Waals surface area contributed by atoms with Crippen LogP contribution in [0.3, 0.4) is 0 Å². The lowest BCUT2D eigenvalue weighted by molar-refractivity contribution is -0.118. The SMILES string of the molecule is CCO[Si](CCCNC(=O)NC1NC(=O)C=C(C)N1)(OCC)OCC. The first-order chi connectivity index (χ1) is 11.9. The van der Waals surface area contributed by atoms with Crippen molar-refractivity contribution in [2.75, 3.05) is 26.4 Å². The number of nitrogens with one attached hydrogen (secondary N) is 4. The summed E-state index contributed by atoms with van der Waals surface area (Å²) in [5, 5.41) is 10.9. The van der Waals surface area contributed by atoms with Crippen molar-refractivity contribution in [1.29, 1.82) is 0 Å². The fourth-order valence-corrected chi connectivity index (χ4v) is 5.06. The van der Waals surface area contributed by atoms with E-state index in [9.17, 15) is 9.59 Å². The van der Waals surface area contributed by atoms with Gasteiger partial charge in [0.15, 0.2) is 6.29 Å². The van der Waals surface area contributed by atoms with E-state index in [1.54, 1.807) is 6.92 Å². The van der Waals surface area contributed by atoms with Crippen molar-refractivity contribution in [3.05, 3.63) is 11.8 Å². The fraction of sp³-hybridized carbons (Fsp3) is 0.733. The molecule has 0 saturated carbocycles. The van der Waals surface area contributed by atoms with Gasteiger partial charge in [0.1, 0.15) is 0 Å². The minimum absolute atomic E-state index is 0.248. The molecule has 0 aliphatic carbocycles. The van der Waals surface area contributed by atoms with E-state index in [1.165, 1.54) is 6.08 Å². The molecule has 3 amide bonds. The van der Waals surface area contributed by atoms with Crippen LogP contribution in [0.4, 0.5) is 4.79 Å². The molecule has 0 aromatic rings. The minimum Gasteiger partial charge on any atom is -0.374 e. The minimum atomic E-state index is -2.68. The first kappa shape index (κ1) is 21.4. The van der Waals surface area contributed by atoms with Gasteiger partial charge in [0.25, 0.3) is 0 Å². The molecule has 0 bridgehead atoms. The van der Waals surface area contributed by atoms with Crippen LogP contribution in [0.5, 0.6) is 0 Å². The first-order valence-corrected chi connectivity index (χ1v) is 10.6. The molecule has 0 radical (unpaired) electrons. The summed E-state index contributed by atoms with van der Waals surface area (Å²) in [5.41, 5.74) is 0.690. The highest BCUT2D eigenvalue weighted by Gasteiger charge is 2.39. The molecule has 144 valence electrons. The lowest BCUT2D eigenvalue weighted by Gasteiger charge is -2.28. The molecule has 0 spiro atoms. The normalized spacial score (nSPS) is 17.4. The molecule has 25 heavy (non-hydrogen) atoms. The Morgan fingerprint density at radius 2 is 1.76 bits per heavy atom. The number of carbonyl (C=O) groups excluding carboxylic acids is 2. The summed E-state index contributed by atoms with van der Waals surface area (Å²) in [7, 11) is -2.68. The summed E-state index contributed by atoms with van der Waals surface area (Å²) in [4.78, 5) is 23.3. The largest absolute Gasteiger partial charge is 0.500 e. The van der Waals surface area contributed by atoms with Crippen LogP contribution in [0.1, 0.15) is 34.1 Å². The van der Waals surface area contributed by atoms with E-state index in [0.29, 0.717) is 44.5 Å². The molecule has 1 atom stereocenters. The quantitative estimate of drug-likeness (QED) is 0.312. The van der Waals surface area contributed by atoms with Gasteiger partial charge in [-0.15, -0.1) is 0 Å². The zero-order valence-electron chi connectivity index (χ0n) is 15.4. The zero-order chi connectivity index (χ0) is 18.7. The van der Waals surface area contributed by atoms with Gasteiger partial charge in [-0.1, -0.05) is 0 Å². The van der Waals surface area contributed by atoms with Gasteiger partial charge in [-0.25, -0.2) is 4.79 Å². The van der Waals surface area contributed by atoms with Crippen molar-refractivity contribution in [2.45, 2.75) is 46.4 Å². The summed E-state index contributed by atoms with van der Waals surface area (Å²) in [6.07, 6.45) is 1.47. The van der Waals surface area contributed by atoms with Crippen LogP contribution < -0.4 is 21.3 Å². The van der Waals surface area contributed by atoms with Crippen LogP contribution in [-0.4, -0.2) is 53.4 Å². The molecule has 1 unspecified atom stereocenters. The second-order valence-electron chi connectivity index (χ2n) is 5.40. The highest BCUT2D eigenvalue weighted by Crippen LogP contribution is 2.17. The molecule has 1 rings (SSSR count). The number of urea groups is 1. The predicted molar refractivity (Wildman–Crippen MR) is 95.4 cm³/mol. The average Bonchev–Trinajstić information content (AvgIpc) is 2.51. The highest BCUT2D eigenvalue weighted by molar-refractivity contribution is 6.60. The van der Waals surface area contributed by atoms with E-state index in [0.717, 1.165) is 0 Å². The van der Waals surface area contributed by atoms with Crippen molar-refractivity contribution in [3.8, 4) is 0 Å². The topological polar surface area (TPSA) is 110 Å². The van der Waals surface area contributed by atoms with Crippen molar-refractivity contribution in [1.82, 2.24) is 21.3 Å². The Hall–Kier alpha value is -1.62. The van der Waals surface area contributed by atoms with E-state index in [-0.39, 0.29) is 11.9 Å². The second-order valence-corrected chi connectivity index (χ2v) is 8.13. The van der Waals surface area contributed by atoms with Crippen molar-refractivity contribution >= 4 is 20.7 Å².